The largest absolute Gasteiger partial charge is 0.494 e. The molecule has 1 aromatic rings. The summed E-state index contributed by atoms with van der Waals surface area (Å²) >= 11 is 0.836. The standard InChI is InChI=1S/C13H21N3O5S2/c1-20-10-9-11(12(17)21-2)22-13(10)23(18,19)15-5-8-16-6-3-14-4-7-16/h9,14-15H,3-8H2,1-2H3. The molecule has 0 atom stereocenters. The predicted octanol–water partition coefficient (Wildman–Crippen LogP) is -0.273. The molecule has 0 radical (unpaired) electrons. The Labute approximate surface area is 139 Å². The topological polar surface area (TPSA) is 97.0 Å². The smallest absolute Gasteiger partial charge is 0.348 e. The van der Waals surface area contributed by atoms with Crippen LogP contribution in [0.25, 0.3) is 0 Å². The molecule has 1 saturated heterocycles. The first-order valence-electron chi connectivity index (χ1n) is 7.17. The van der Waals surface area contributed by atoms with Crippen LogP contribution in [0.3, 0.4) is 0 Å². The molecule has 0 bridgehead atoms. The molecule has 1 fully saturated rings. The van der Waals surface area contributed by atoms with Crippen LogP contribution in [0.4, 0.5) is 0 Å². The first-order valence-corrected chi connectivity index (χ1v) is 9.47. The number of hydrogen-bond donors (Lipinski definition) is 2. The zero-order chi connectivity index (χ0) is 16.9. The molecule has 10 heteroatoms. The van der Waals surface area contributed by atoms with Crippen molar-refractivity contribution in [2.24, 2.45) is 0 Å². The molecule has 0 spiro atoms. The Morgan fingerprint density at radius 2 is 2.09 bits per heavy atom. The maximum absolute atomic E-state index is 12.4. The van der Waals surface area contributed by atoms with Crippen LogP contribution in [0, 0.1) is 0 Å². The monoisotopic (exact) mass is 363 g/mol. The first kappa shape index (κ1) is 18.1. The Hall–Kier alpha value is -1.20. The van der Waals surface area contributed by atoms with Crippen LogP contribution >= 0.6 is 11.3 Å². The molecule has 1 aliphatic heterocycles. The van der Waals surface area contributed by atoms with E-state index in [1.54, 1.807) is 0 Å². The second-order valence-electron chi connectivity index (χ2n) is 4.95. The molecule has 0 aliphatic carbocycles. The Bertz CT molecular complexity index is 638. The lowest BCUT2D eigenvalue weighted by Gasteiger charge is -2.26. The van der Waals surface area contributed by atoms with Crippen molar-refractivity contribution in [2.75, 3.05) is 53.5 Å². The molecule has 1 aliphatic rings. The molecule has 0 aromatic carbocycles. The molecule has 23 heavy (non-hydrogen) atoms. The maximum Gasteiger partial charge on any atom is 0.348 e. The molecular weight excluding hydrogens is 342 g/mol. The fraction of sp³-hybridized carbons (Fsp3) is 0.615. The number of piperazine rings is 1. The van der Waals surface area contributed by atoms with Gasteiger partial charge in [-0.25, -0.2) is 17.9 Å². The van der Waals surface area contributed by atoms with Crippen LogP contribution in [0.1, 0.15) is 9.67 Å². The van der Waals surface area contributed by atoms with Crippen LogP contribution in [0.15, 0.2) is 10.3 Å². The summed E-state index contributed by atoms with van der Waals surface area (Å²) in [5.74, 6) is -0.444. The second-order valence-corrected chi connectivity index (χ2v) is 7.96. The summed E-state index contributed by atoms with van der Waals surface area (Å²) in [5, 5.41) is 3.24. The van der Waals surface area contributed by atoms with Crippen molar-refractivity contribution in [1.29, 1.82) is 0 Å². The van der Waals surface area contributed by atoms with Crippen molar-refractivity contribution >= 4 is 27.3 Å². The number of sulfonamides is 1. The third-order valence-corrected chi connectivity index (χ3v) is 6.52. The highest BCUT2D eigenvalue weighted by molar-refractivity contribution is 7.91. The van der Waals surface area contributed by atoms with Crippen molar-refractivity contribution in [2.45, 2.75) is 4.21 Å². The van der Waals surface area contributed by atoms with Gasteiger partial charge in [0.1, 0.15) is 4.88 Å². The number of hydrogen-bond acceptors (Lipinski definition) is 8. The number of methoxy groups -OCH3 is 2. The fourth-order valence-electron chi connectivity index (χ4n) is 2.23. The van der Waals surface area contributed by atoms with Gasteiger partial charge in [-0.15, -0.1) is 11.3 Å². The number of carbonyl (C=O) groups is 1. The number of esters is 1. The van der Waals surface area contributed by atoms with E-state index in [1.807, 2.05) is 0 Å². The van der Waals surface area contributed by atoms with Gasteiger partial charge >= 0.3 is 5.97 Å². The van der Waals surface area contributed by atoms with E-state index >= 15 is 0 Å². The Morgan fingerprint density at radius 1 is 1.39 bits per heavy atom. The highest BCUT2D eigenvalue weighted by Crippen LogP contribution is 2.33. The zero-order valence-electron chi connectivity index (χ0n) is 13.1. The normalized spacial score (nSPS) is 16.3. The van der Waals surface area contributed by atoms with Crippen molar-refractivity contribution in [3.05, 3.63) is 10.9 Å². The molecule has 0 unspecified atom stereocenters. The van der Waals surface area contributed by atoms with E-state index in [1.165, 1.54) is 20.3 Å². The maximum atomic E-state index is 12.4. The Kier molecular flexibility index (Phi) is 6.36. The molecule has 0 amide bonds. The number of rotatable bonds is 7. The Morgan fingerprint density at radius 3 is 2.70 bits per heavy atom. The average molecular weight is 363 g/mol. The number of carbonyl (C=O) groups excluding carboxylic acids is 1. The van der Waals surface area contributed by atoms with Gasteiger partial charge < -0.3 is 14.8 Å². The van der Waals surface area contributed by atoms with E-state index < -0.39 is 16.0 Å². The lowest BCUT2D eigenvalue weighted by atomic mass is 10.3. The van der Waals surface area contributed by atoms with E-state index in [-0.39, 0.29) is 14.8 Å². The molecule has 1 aromatic heterocycles. The average Bonchev–Trinajstić information content (AvgIpc) is 3.00. The number of ether oxygens (including phenoxy) is 2. The van der Waals surface area contributed by atoms with Crippen LogP contribution in [0.5, 0.6) is 5.75 Å². The van der Waals surface area contributed by atoms with Crippen LogP contribution in [0.2, 0.25) is 0 Å². The summed E-state index contributed by atoms with van der Waals surface area (Å²) in [6, 6.07) is 1.38. The van der Waals surface area contributed by atoms with Crippen molar-refractivity contribution in [3.8, 4) is 5.75 Å². The minimum atomic E-state index is -3.73. The van der Waals surface area contributed by atoms with Crippen LogP contribution < -0.4 is 14.8 Å². The fourth-order valence-corrected chi connectivity index (χ4v) is 4.79. The molecule has 2 rings (SSSR count). The summed E-state index contributed by atoms with van der Waals surface area (Å²) in [6.07, 6.45) is 0. The second kappa shape index (κ2) is 8.06. The van der Waals surface area contributed by atoms with Gasteiger partial charge in [-0.2, -0.15) is 0 Å². The molecule has 130 valence electrons. The van der Waals surface area contributed by atoms with E-state index in [4.69, 9.17) is 4.74 Å². The van der Waals surface area contributed by atoms with Gasteiger partial charge in [-0.3, -0.25) is 4.90 Å². The predicted molar refractivity (Wildman–Crippen MR) is 86.7 cm³/mol. The van der Waals surface area contributed by atoms with Crippen molar-refractivity contribution in [1.82, 2.24) is 14.9 Å². The molecular formula is C13H21N3O5S2. The summed E-state index contributed by atoms with van der Waals surface area (Å²) in [6.45, 7) is 4.56. The lowest BCUT2D eigenvalue weighted by molar-refractivity contribution is 0.0606. The first-order chi connectivity index (χ1) is 11.0. The molecule has 2 heterocycles. The summed E-state index contributed by atoms with van der Waals surface area (Å²) in [7, 11) is -1.12. The summed E-state index contributed by atoms with van der Waals surface area (Å²) in [5.41, 5.74) is 0. The minimum absolute atomic E-state index is 0.0132. The van der Waals surface area contributed by atoms with Gasteiger partial charge in [0.05, 0.1) is 14.2 Å². The quantitative estimate of drug-likeness (QED) is 0.644. The number of thiophene rings is 1. The van der Waals surface area contributed by atoms with E-state index in [0.717, 1.165) is 37.5 Å². The molecule has 8 nitrogen and oxygen atoms in total. The van der Waals surface area contributed by atoms with Crippen molar-refractivity contribution < 1.29 is 22.7 Å². The third kappa shape index (κ3) is 4.64. The third-order valence-electron chi connectivity index (χ3n) is 3.45. The van der Waals surface area contributed by atoms with Gasteiger partial charge in [0.2, 0.25) is 0 Å². The molecule has 0 saturated carbocycles. The lowest BCUT2D eigenvalue weighted by Crippen LogP contribution is -2.46. The van der Waals surface area contributed by atoms with E-state index in [2.05, 4.69) is 19.7 Å². The van der Waals surface area contributed by atoms with Gasteiger partial charge in [0, 0.05) is 45.3 Å². The van der Waals surface area contributed by atoms with E-state index in [9.17, 15) is 13.2 Å². The number of nitrogens with one attached hydrogen (secondary N) is 2. The van der Waals surface area contributed by atoms with Crippen molar-refractivity contribution in [3.63, 3.8) is 0 Å². The number of nitrogens with zero attached hydrogens (tertiary/aromatic N) is 1. The van der Waals surface area contributed by atoms with Gasteiger partial charge in [-0.05, 0) is 0 Å². The van der Waals surface area contributed by atoms with Gasteiger partial charge in [0.15, 0.2) is 9.96 Å². The van der Waals surface area contributed by atoms with Gasteiger partial charge in [0.25, 0.3) is 10.0 Å². The van der Waals surface area contributed by atoms with Crippen LogP contribution in [-0.4, -0.2) is 72.8 Å². The highest BCUT2D eigenvalue weighted by atomic mass is 32.2. The van der Waals surface area contributed by atoms with Crippen LogP contribution in [-0.2, 0) is 14.8 Å². The SMILES string of the molecule is COC(=O)c1cc(OC)c(S(=O)(=O)NCCN2CCNCC2)s1. The summed E-state index contributed by atoms with van der Waals surface area (Å²) < 4.78 is 37.0. The molecule has 2 N–H and O–H groups in total. The van der Waals surface area contributed by atoms with E-state index in [0.29, 0.717) is 13.1 Å². The van der Waals surface area contributed by atoms with Gasteiger partial charge in [-0.1, -0.05) is 0 Å². The highest BCUT2D eigenvalue weighted by Gasteiger charge is 2.26. The zero-order valence-corrected chi connectivity index (χ0v) is 14.8. The summed E-state index contributed by atoms with van der Waals surface area (Å²) in [4.78, 5) is 13.9. The Balaban J connectivity index is 2.03. The minimum Gasteiger partial charge on any atom is -0.494 e.